The first-order valence-corrected chi connectivity index (χ1v) is 4.85. The van der Waals surface area contributed by atoms with E-state index in [2.05, 4.69) is 0 Å². The van der Waals surface area contributed by atoms with Gasteiger partial charge in [0.05, 0.1) is 13.2 Å². The molecule has 0 spiro atoms. The van der Waals surface area contributed by atoms with Crippen LogP contribution in [0.15, 0.2) is 24.3 Å². The van der Waals surface area contributed by atoms with Crippen molar-refractivity contribution in [3.63, 3.8) is 0 Å². The largest absolute Gasteiger partial charge is 0.496 e. The van der Waals surface area contributed by atoms with Crippen LogP contribution in [0.1, 0.15) is 24.4 Å². The Hall–Kier alpha value is -1.06. The van der Waals surface area contributed by atoms with Crippen molar-refractivity contribution >= 4 is 0 Å². The van der Waals surface area contributed by atoms with Gasteiger partial charge in [0, 0.05) is 11.1 Å². The molecule has 0 amide bonds. The second-order valence-corrected chi connectivity index (χ2v) is 3.95. The number of hydrogen-bond donors (Lipinski definition) is 2. The highest BCUT2D eigenvalue weighted by Crippen LogP contribution is 2.44. The van der Waals surface area contributed by atoms with Crippen molar-refractivity contribution in [2.45, 2.75) is 24.4 Å². The van der Waals surface area contributed by atoms with Crippen LogP contribution in [0.25, 0.3) is 0 Å². The Balaban J connectivity index is 2.30. The number of hydrogen-bond acceptors (Lipinski definition) is 3. The van der Waals surface area contributed by atoms with Gasteiger partial charge in [-0.15, -0.1) is 0 Å². The van der Waals surface area contributed by atoms with Crippen LogP contribution in [0, 0.1) is 0 Å². The van der Waals surface area contributed by atoms with Crippen LogP contribution >= 0.6 is 0 Å². The third-order valence-corrected chi connectivity index (χ3v) is 2.92. The summed E-state index contributed by atoms with van der Waals surface area (Å²) in [4.78, 5) is 0. The molecule has 0 saturated heterocycles. The van der Waals surface area contributed by atoms with Gasteiger partial charge in [0.15, 0.2) is 0 Å². The average molecular weight is 192 g/mol. The molecule has 0 bridgehead atoms. The summed E-state index contributed by atoms with van der Waals surface area (Å²) >= 11 is 0. The van der Waals surface area contributed by atoms with E-state index in [1.807, 2.05) is 24.3 Å². The molecule has 1 saturated carbocycles. The summed E-state index contributed by atoms with van der Waals surface area (Å²) in [5.41, 5.74) is 13.0. The molecule has 1 aromatic carbocycles. The highest BCUT2D eigenvalue weighted by molar-refractivity contribution is 5.38. The van der Waals surface area contributed by atoms with E-state index in [-0.39, 0.29) is 11.6 Å². The number of para-hydroxylation sites is 1. The minimum absolute atomic E-state index is 0.112. The number of benzene rings is 1. The maximum absolute atomic E-state index is 6.11. The quantitative estimate of drug-likeness (QED) is 0.756. The summed E-state index contributed by atoms with van der Waals surface area (Å²) in [6, 6.07) is 7.69. The van der Waals surface area contributed by atoms with Crippen molar-refractivity contribution in [3.8, 4) is 5.75 Å². The molecule has 1 fully saturated rings. The third kappa shape index (κ3) is 1.49. The standard InChI is InChI=1S/C11H16N2O/c1-14-9-5-3-2-4-8(9)10(12)11(13)6-7-11/h2-5,10H,6-7,12-13H2,1H3. The SMILES string of the molecule is COc1ccccc1C(N)C1(N)CC1. The number of nitrogens with two attached hydrogens (primary N) is 2. The molecule has 0 radical (unpaired) electrons. The zero-order chi connectivity index (χ0) is 10.2. The van der Waals surface area contributed by atoms with Crippen molar-refractivity contribution in [2.24, 2.45) is 11.5 Å². The molecule has 3 heteroatoms. The van der Waals surface area contributed by atoms with Gasteiger partial charge in [-0.2, -0.15) is 0 Å². The Kier molecular flexibility index (Phi) is 2.21. The van der Waals surface area contributed by atoms with E-state index < -0.39 is 0 Å². The minimum Gasteiger partial charge on any atom is -0.496 e. The summed E-state index contributed by atoms with van der Waals surface area (Å²) < 4.78 is 5.25. The number of methoxy groups -OCH3 is 1. The zero-order valence-corrected chi connectivity index (χ0v) is 8.36. The van der Waals surface area contributed by atoms with Gasteiger partial charge in [-0.05, 0) is 18.9 Å². The summed E-state index contributed by atoms with van der Waals surface area (Å²) in [6.07, 6.45) is 2.01. The Morgan fingerprint density at radius 3 is 2.57 bits per heavy atom. The molecular formula is C11H16N2O. The van der Waals surface area contributed by atoms with Crippen molar-refractivity contribution in [1.29, 1.82) is 0 Å². The third-order valence-electron chi connectivity index (χ3n) is 2.92. The first-order chi connectivity index (χ1) is 6.67. The van der Waals surface area contributed by atoms with Crippen LogP contribution in [-0.2, 0) is 0 Å². The smallest absolute Gasteiger partial charge is 0.123 e. The molecule has 2 rings (SSSR count). The van der Waals surface area contributed by atoms with E-state index >= 15 is 0 Å². The molecule has 0 aromatic heterocycles. The molecule has 4 N–H and O–H groups in total. The Labute approximate surface area is 84.0 Å². The zero-order valence-electron chi connectivity index (χ0n) is 8.36. The van der Waals surface area contributed by atoms with Gasteiger partial charge in [0.25, 0.3) is 0 Å². The van der Waals surface area contributed by atoms with Crippen molar-refractivity contribution < 1.29 is 4.74 Å². The molecule has 0 heterocycles. The minimum atomic E-state index is -0.200. The van der Waals surface area contributed by atoms with E-state index in [0.717, 1.165) is 24.2 Å². The molecule has 0 aliphatic heterocycles. The maximum atomic E-state index is 6.11. The lowest BCUT2D eigenvalue weighted by Gasteiger charge is -2.21. The van der Waals surface area contributed by atoms with Crippen molar-refractivity contribution in [1.82, 2.24) is 0 Å². The Morgan fingerprint density at radius 2 is 2.00 bits per heavy atom. The molecule has 1 aliphatic rings. The predicted molar refractivity (Wildman–Crippen MR) is 56.1 cm³/mol. The van der Waals surface area contributed by atoms with Crippen LogP contribution in [-0.4, -0.2) is 12.6 Å². The van der Waals surface area contributed by atoms with Crippen LogP contribution in [0.4, 0.5) is 0 Å². The van der Waals surface area contributed by atoms with Gasteiger partial charge in [0.1, 0.15) is 5.75 Å². The van der Waals surface area contributed by atoms with Gasteiger partial charge in [0.2, 0.25) is 0 Å². The van der Waals surface area contributed by atoms with Gasteiger partial charge < -0.3 is 16.2 Å². The Morgan fingerprint density at radius 1 is 1.36 bits per heavy atom. The van der Waals surface area contributed by atoms with Gasteiger partial charge >= 0.3 is 0 Å². The van der Waals surface area contributed by atoms with E-state index in [4.69, 9.17) is 16.2 Å². The molecule has 1 atom stereocenters. The first kappa shape index (κ1) is 9.49. The summed E-state index contributed by atoms with van der Waals surface area (Å²) in [7, 11) is 1.65. The molecule has 3 nitrogen and oxygen atoms in total. The second-order valence-electron chi connectivity index (χ2n) is 3.95. The number of rotatable bonds is 3. The van der Waals surface area contributed by atoms with Crippen LogP contribution < -0.4 is 16.2 Å². The van der Waals surface area contributed by atoms with E-state index in [1.54, 1.807) is 7.11 Å². The second kappa shape index (κ2) is 3.26. The summed E-state index contributed by atoms with van der Waals surface area (Å²) in [5, 5.41) is 0. The average Bonchev–Trinajstić information content (AvgIpc) is 2.97. The lowest BCUT2D eigenvalue weighted by Crippen LogP contribution is -2.36. The molecule has 14 heavy (non-hydrogen) atoms. The lowest BCUT2D eigenvalue weighted by molar-refractivity contribution is 0.398. The van der Waals surface area contributed by atoms with Crippen molar-refractivity contribution in [3.05, 3.63) is 29.8 Å². The molecule has 76 valence electrons. The normalized spacial score (nSPS) is 20.2. The highest BCUT2D eigenvalue weighted by Gasteiger charge is 2.45. The topological polar surface area (TPSA) is 61.3 Å². The fraction of sp³-hybridized carbons (Fsp3) is 0.455. The molecule has 1 aliphatic carbocycles. The van der Waals surface area contributed by atoms with Gasteiger partial charge in [-0.3, -0.25) is 0 Å². The van der Waals surface area contributed by atoms with E-state index in [9.17, 15) is 0 Å². The monoisotopic (exact) mass is 192 g/mol. The fourth-order valence-electron chi connectivity index (χ4n) is 1.69. The van der Waals surface area contributed by atoms with Crippen LogP contribution in [0.3, 0.4) is 0 Å². The van der Waals surface area contributed by atoms with Gasteiger partial charge in [-0.1, -0.05) is 18.2 Å². The van der Waals surface area contributed by atoms with Crippen LogP contribution in [0.2, 0.25) is 0 Å². The summed E-state index contributed by atoms with van der Waals surface area (Å²) in [6.45, 7) is 0. The van der Waals surface area contributed by atoms with Crippen molar-refractivity contribution in [2.75, 3.05) is 7.11 Å². The van der Waals surface area contributed by atoms with E-state index in [0.29, 0.717) is 0 Å². The van der Waals surface area contributed by atoms with Crippen LogP contribution in [0.5, 0.6) is 5.75 Å². The molecular weight excluding hydrogens is 176 g/mol. The first-order valence-electron chi connectivity index (χ1n) is 4.85. The Bertz CT molecular complexity index is 334. The highest BCUT2D eigenvalue weighted by atomic mass is 16.5. The predicted octanol–water partition coefficient (Wildman–Crippen LogP) is 1.19. The van der Waals surface area contributed by atoms with Gasteiger partial charge in [-0.25, -0.2) is 0 Å². The van der Waals surface area contributed by atoms with E-state index in [1.165, 1.54) is 0 Å². The fourth-order valence-corrected chi connectivity index (χ4v) is 1.69. The molecule has 1 unspecified atom stereocenters. The molecule has 1 aromatic rings. The lowest BCUT2D eigenvalue weighted by atomic mass is 9.98. The maximum Gasteiger partial charge on any atom is 0.123 e. The summed E-state index contributed by atoms with van der Waals surface area (Å²) in [5.74, 6) is 0.830. The number of ether oxygens (including phenoxy) is 1.